The number of anilines is 4. The van der Waals surface area contributed by atoms with Crippen molar-refractivity contribution in [2.75, 3.05) is 9.80 Å². The van der Waals surface area contributed by atoms with Crippen molar-refractivity contribution < 1.29 is 0 Å². The first-order chi connectivity index (χ1) is 33.7. The molecule has 13 rings (SSSR count). The topological polar surface area (TPSA) is 6.48 Å². The van der Waals surface area contributed by atoms with E-state index in [0.29, 0.717) is 6.42 Å². The second-order valence-corrected chi connectivity index (χ2v) is 18.0. The lowest BCUT2D eigenvalue weighted by Gasteiger charge is -2.52. The third-order valence-corrected chi connectivity index (χ3v) is 14.2. The predicted octanol–water partition coefficient (Wildman–Crippen LogP) is 18.0. The number of hydrogen-bond donors (Lipinski definition) is 0. The van der Waals surface area contributed by atoms with Gasteiger partial charge in [0.05, 0.1) is 0 Å². The summed E-state index contributed by atoms with van der Waals surface area (Å²) in [6.45, 7) is 0. The molecule has 0 heterocycles. The Kier molecular flexibility index (Phi) is 9.50. The Morgan fingerprint density at radius 3 is 1.03 bits per heavy atom. The van der Waals surface area contributed by atoms with Crippen molar-refractivity contribution in [1.82, 2.24) is 0 Å². The fraction of sp³-hybridized carbons (Fsp3) is 0.0303. The molecule has 0 atom stereocenters. The number of para-hydroxylation sites is 2. The van der Waals surface area contributed by atoms with Crippen molar-refractivity contribution >= 4 is 93.0 Å². The molecule has 0 amide bonds. The van der Waals surface area contributed by atoms with Crippen LogP contribution in [0.15, 0.2) is 267 Å². The van der Waals surface area contributed by atoms with Gasteiger partial charge < -0.3 is 9.80 Å². The van der Waals surface area contributed by atoms with E-state index in [1.807, 2.05) is 0 Å². The van der Waals surface area contributed by atoms with Gasteiger partial charge in [0.25, 0.3) is 0 Å². The summed E-state index contributed by atoms with van der Waals surface area (Å²) >= 11 is 0. The van der Waals surface area contributed by atoms with E-state index in [9.17, 15) is 0 Å². The molecule has 0 N–H and O–H groups in total. The maximum absolute atomic E-state index is 2.59. The standard InChI is InChI=1S/C66H46N2/c1-4-19-46(20-5-1)48-21-18-22-49(43-48)47-39-41-66(42-40-47,67(50-23-6-2-7-24-50)52-35-37-62-58-31-12-10-27-54(58)56-29-14-16-33-60(56)64(62)44-52)68(51-25-8-3-9-26-51)53-36-38-63-59-32-13-11-28-55(59)57-30-15-17-34-61(57)65(63)45-53/h1-41,43-45H,42H2. The molecule has 0 saturated carbocycles. The summed E-state index contributed by atoms with van der Waals surface area (Å²) in [5, 5.41) is 15.1. The summed E-state index contributed by atoms with van der Waals surface area (Å²) in [5.41, 5.74) is 8.44. The quantitative estimate of drug-likeness (QED) is 0.111. The molecule has 0 aromatic heterocycles. The van der Waals surface area contributed by atoms with Gasteiger partial charge in [0, 0.05) is 29.2 Å². The minimum absolute atomic E-state index is 0.672. The van der Waals surface area contributed by atoms with Crippen molar-refractivity contribution in [3.8, 4) is 11.1 Å². The number of nitrogens with zero attached hydrogens (tertiary/aromatic N) is 2. The van der Waals surface area contributed by atoms with Crippen molar-refractivity contribution in [2.45, 2.75) is 12.1 Å². The molecule has 12 aromatic rings. The molecule has 1 aliphatic carbocycles. The van der Waals surface area contributed by atoms with Crippen LogP contribution in [0, 0.1) is 0 Å². The summed E-state index contributed by atoms with van der Waals surface area (Å²) in [5.74, 6) is 0. The molecule has 0 radical (unpaired) electrons. The summed E-state index contributed by atoms with van der Waals surface area (Å²) in [6, 6.07) is 91.4. The zero-order valence-electron chi connectivity index (χ0n) is 37.5. The van der Waals surface area contributed by atoms with Crippen molar-refractivity contribution in [1.29, 1.82) is 0 Å². The highest BCUT2D eigenvalue weighted by Gasteiger charge is 2.44. The Hall–Kier alpha value is -8.72. The van der Waals surface area contributed by atoms with Crippen LogP contribution in [0.5, 0.6) is 0 Å². The van der Waals surface area contributed by atoms with Crippen LogP contribution in [0.2, 0.25) is 0 Å². The van der Waals surface area contributed by atoms with E-state index in [4.69, 9.17) is 0 Å². The first-order valence-corrected chi connectivity index (χ1v) is 23.6. The first kappa shape index (κ1) is 39.6. The Balaban J connectivity index is 1.09. The lowest BCUT2D eigenvalue weighted by Crippen LogP contribution is -2.57. The molecule has 1 aliphatic rings. The Bertz CT molecular complexity index is 3670. The van der Waals surface area contributed by atoms with Crippen LogP contribution < -0.4 is 9.80 Å². The molecule has 68 heavy (non-hydrogen) atoms. The summed E-state index contributed by atoms with van der Waals surface area (Å²) in [4.78, 5) is 5.19. The van der Waals surface area contributed by atoms with Gasteiger partial charge in [-0.3, -0.25) is 0 Å². The van der Waals surface area contributed by atoms with Crippen molar-refractivity contribution in [3.63, 3.8) is 0 Å². The molecule has 0 saturated heterocycles. The van der Waals surface area contributed by atoms with Gasteiger partial charge in [-0.15, -0.1) is 0 Å². The molecule has 2 heteroatoms. The third-order valence-electron chi connectivity index (χ3n) is 14.2. The second kappa shape index (κ2) is 16.3. The van der Waals surface area contributed by atoms with Gasteiger partial charge >= 0.3 is 0 Å². The Morgan fingerprint density at radius 1 is 0.265 bits per heavy atom. The lowest BCUT2D eigenvalue weighted by molar-refractivity contribution is 0.526. The van der Waals surface area contributed by atoms with Crippen molar-refractivity contribution in [2.24, 2.45) is 0 Å². The van der Waals surface area contributed by atoms with E-state index in [1.54, 1.807) is 0 Å². The molecule has 0 aliphatic heterocycles. The Labute approximate surface area is 396 Å². The van der Waals surface area contributed by atoms with Crippen LogP contribution in [0.1, 0.15) is 12.0 Å². The SMILES string of the molecule is C1=CC(N(c2ccccc2)c2ccc3c4ccccc4c4ccccc4c3c2)(N(c2ccccc2)c2ccc3c4ccccc4c4ccccc4c3c2)CC=C1c1cccc(-c2ccccc2)c1. The molecule has 0 fully saturated rings. The minimum atomic E-state index is -0.788. The highest BCUT2D eigenvalue weighted by atomic mass is 15.4. The average molecular weight is 867 g/mol. The van der Waals surface area contributed by atoms with Crippen LogP contribution in [0.25, 0.3) is 81.3 Å². The van der Waals surface area contributed by atoms with Crippen LogP contribution in [-0.2, 0) is 0 Å². The normalized spacial score (nSPS) is 13.4. The van der Waals surface area contributed by atoms with Gasteiger partial charge in [0.15, 0.2) is 0 Å². The van der Waals surface area contributed by atoms with E-state index < -0.39 is 5.66 Å². The summed E-state index contributed by atoms with van der Waals surface area (Å²) < 4.78 is 0. The van der Waals surface area contributed by atoms with E-state index in [1.165, 1.54) is 86.9 Å². The Morgan fingerprint density at radius 2 is 0.618 bits per heavy atom. The fourth-order valence-corrected chi connectivity index (χ4v) is 11.2. The maximum atomic E-state index is 2.59. The van der Waals surface area contributed by atoms with Crippen LogP contribution >= 0.6 is 0 Å². The van der Waals surface area contributed by atoms with E-state index in [2.05, 4.69) is 277 Å². The highest BCUT2D eigenvalue weighted by molar-refractivity contribution is 6.27. The molecular weight excluding hydrogens is 821 g/mol. The monoisotopic (exact) mass is 866 g/mol. The smallest absolute Gasteiger partial charge is 0.145 e. The van der Waals surface area contributed by atoms with Gasteiger partial charge in [0.2, 0.25) is 0 Å². The first-order valence-electron chi connectivity index (χ1n) is 23.6. The molecular formula is C66H46N2. The molecule has 320 valence electrons. The minimum Gasteiger partial charge on any atom is -0.314 e. The van der Waals surface area contributed by atoms with E-state index in [0.717, 1.165) is 22.7 Å². The van der Waals surface area contributed by atoms with Crippen LogP contribution in [0.3, 0.4) is 0 Å². The third kappa shape index (κ3) is 6.48. The molecule has 12 aromatic carbocycles. The number of allylic oxidation sites excluding steroid dienone is 2. The number of hydrogen-bond acceptors (Lipinski definition) is 2. The summed E-state index contributed by atoms with van der Waals surface area (Å²) in [7, 11) is 0. The van der Waals surface area contributed by atoms with Crippen LogP contribution in [0.4, 0.5) is 22.7 Å². The summed E-state index contributed by atoms with van der Waals surface area (Å²) in [6.07, 6.45) is 7.98. The number of fused-ring (bicyclic) bond motifs is 12. The van der Waals surface area contributed by atoms with Crippen LogP contribution in [-0.4, -0.2) is 5.66 Å². The second-order valence-electron chi connectivity index (χ2n) is 18.0. The fourth-order valence-electron chi connectivity index (χ4n) is 11.2. The lowest BCUT2D eigenvalue weighted by atomic mass is 9.87. The molecule has 0 bridgehead atoms. The van der Waals surface area contributed by atoms with E-state index in [-0.39, 0.29) is 0 Å². The van der Waals surface area contributed by atoms with Crippen molar-refractivity contribution in [3.05, 3.63) is 273 Å². The van der Waals surface area contributed by atoms with Gasteiger partial charge in [-0.25, -0.2) is 0 Å². The molecule has 0 unspecified atom stereocenters. The predicted molar refractivity (Wildman–Crippen MR) is 291 cm³/mol. The number of rotatable bonds is 8. The van der Waals surface area contributed by atoms with E-state index >= 15 is 0 Å². The van der Waals surface area contributed by atoms with Gasteiger partial charge in [-0.05, 0) is 148 Å². The molecule has 2 nitrogen and oxygen atoms in total. The average Bonchev–Trinajstić information content (AvgIpc) is 3.42. The largest absolute Gasteiger partial charge is 0.314 e. The number of benzene rings is 12. The zero-order valence-corrected chi connectivity index (χ0v) is 37.5. The highest BCUT2D eigenvalue weighted by Crippen LogP contribution is 2.50. The van der Waals surface area contributed by atoms with Gasteiger partial charge in [-0.2, -0.15) is 0 Å². The maximum Gasteiger partial charge on any atom is 0.145 e. The zero-order chi connectivity index (χ0) is 45.0. The molecule has 0 spiro atoms. The van der Waals surface area contributed by atoms with Gasteiger partial charge in [0.1, 0.15) is 5.66 Å². The van der Waals surface area contributed by atoms with Gasteiger partial charge in [-0.1, -0.05) is 206 Å².